The number of hydrogen-bond donors (Lipinski definition) is 1. The number of nitrogens with zero attached hydrogens (tertiary/aromatic N) is 1. The quantitative estimate of drug-likeness (QED) is 0.852. The second-order valence-corrected chi connectivity index (χ2v) is 5.23. The molecule has 1 N–H and O–H groups in total. The lowest BCUT2D eigenvalue weighted by Crippen LogP contribution is -2.43. The zero-order chi connectivity index (χ0) is 13.5. The summed E-state index contributed by atoms with van der Waals surface area (Å²) >= 11 is 0. The molecule has 0 saturated carbocycles. The van der Waals surface area contributed by atoms with Crippen LogP contribution in [-0.2, 0) is 4.74 Å². The highest BCUT2D eigenvalue weighted by Crippen LogP contribution is 2.18. The molecule has 2 atom stereocenters. The molecule has 1 heterocycles. The average molecular weight is 262 g/mol. The van der Waals surface area contributed by atoms with E-state index in [1.807, 2.05) is 7.05 Å². The predicted molar refractivity (Wildman–Crippen MR) is 79.3 cm³/mol. The Kier molecular flexibility index (Phi) is 5.83. The predicted octanol–water partition coefficient (Wildman–Crippen LogP) is 2.45. The first kappa shape index (κ1) is 14.5. The van der Waals surface area contributed by atoms with Crippen LogP contribution in [-0.4, -0.2) is 44.3 Å². The van der Waals surface area contributed by atoms with Gasteiger partial charge in [0.1, 0.15) is 0 Å². The minimum absolute atomic E-state index is 0.404. The second-order valence-electron chi connectivity index (χ2n) is 5.23. The van der Waals surface area contributed by atoms with Crippen molar-refractivity contribution in [2.45, 2.75) is 31.9 Å². The molecule has 2 unspecified atom stereocenters. The molecule has 0 aliphatic carbocycles. The molecule has 0 aromatic heterocycles. The Morgan fingerprint density at radius 3 is 2.84 bits per heavy atom. The van der Waals surface area contributed by atoms with E-state index in [0.717, 1.165) is 19.7 Å². The van der Waals surface area contributed by atoms with Gasteiger partial charge in [-0.05, 0) is 38.9 Å². The van der Waals surface area contributed by atoms with Crippen LogP contribution in [0.4, 0.5) is 0 Å². The summed E-state index contributed by atoms with van der Waals surface area (Å²) < 4.78 is 5.77. The number of nitrogens with one attached hydrogen (secondary N) is 1. The number of piperidine rings is 1. The maximum absolute atomic E-state index is 5.77. The Labute approximate surface area is 116 Å². The third-order valence-corrected chi connectivity index (χ3v) is 3.86. The standard InChI is InChI=1S/C16H26N2O/c1-3-19-15-10-7-11-18(12-15)13-16(17-2)14-8-5-4-6-9-14/h4-6,8-9,15-17H,3,7,10-13H2,1-2H3. The summed E-state index contributed by atoms with van der Waals surface area (Å²) in [4.78, 5) is 2.53. The largest absolute Gasteiger partial charge is 0.377 e. The van der Waals surface area contributed by atoms with Crippen LogP contribution in [0.2, 0.25) is 0 Å². The third kappa shape index (κ3) is 4.30. The first-order chi connectivity index (χ1) is 9.33. The lowest BCUT2D eigenvalue weighted by atomic mass is 10.0. The molecule has 3 heteroatoms. The fraction of sp³-hybridized carbons (Fsp3) is 0.625. The first-order valence-electron chi connectivity index (χ1n) is 7.39. The Morgan fingerprint density at radius 2 is 2.16 bits per heavy atom. The van der Waals surface area contributed by atoms with Crippen molar-refractivity contribution in [2.24, 2.45) is 0 Å². The molecule has 1 aliphatic rings. The van der Waals surface area contributed by atoms with E-state index in [0.29, 0.717) is 12.1 Å². The average Bonchev–Trinajstić information content (AvgIpc) is 2.46. The number of hydrogen-bond acceptors (Lipinski definition) is 3. The Bertz CT molecular complexity index is 353. The van der Waals surface area contributed by atoms with Gasteiger partial charge in [0.2, 0.25) is 0 Å². The van der Waals surface area contributed by atoms with Crippen molar-refractivity contribution >= 4 is 0 Å². The second kappa shape index (κ2) is 7.63. The van der Waals surface area contributed by atoms with Crippen molar-refractivity contribution in [3.8, 4) is 0 Å². The van der Waals surface area contributed by atoms with Crippen molar-refractivity contribution in [3.63, 3.8) is 0 Å². The fourth-order valence-electron chi connectivity index (χ4n) is 2.86. The molecule has 106 valence electrons. The van der Waals surface area contributed by atoms with E-state index in [1.165, 1.54) is 24.9 Å². The number of benzene rings is 1. The molecule has 0 amide bonds. The molecule has 1 aliphatic heterocycles. The van der Waals surface area contributed by atoms with E-state index in [-0.39, 0.29) is 0 Å². The monoisotopic (exact) mass is 262 g/mol. The molecule has 1 aromatic carbocycles. The zero-order valence-electron chi connectivity index (χ0n) is 12.1. The molecule has 3 nitrogen and oxygen atoms in total. The summed E-state index contributed by atoms with van der Waals surface area (Å²) in [5.41, 5.74) is 1.36. The normalized spacial score (nSPS) is 22.3. The maximum Gasteiger partial charge on any atom is 0.0702 e. The molecular weight excluding hydrogens is 236 g/mol. The summed E-state index contributed by atoms with van der Waals surface area (Å²) in [6.45, 7) is 6.23. The minimum atomic E-state index is 0.404. The van der Waals surface area contributed by atoms with E-state index < -0.39 is 0 Å². The van der Waals surface area contributed by atoms with Gasteiger partial charge >= 0.3 is 0 Å². The molecule has 1 saturated heterocycles. The van der Waals surface area contributed by atoms with Crippen molar-refractivity contribution in [2.75, 3.05) is 33.3 Å². The van der Waals surface area contributed by atoms with Gasteiger partial charge in [-0.1, -0.05) is 30.3 Å². The lowest BCUT2D eigenvalue weighted by Gasteiger charge is -2.34. The van der Waals surface area contributed by atoms with Crippen LogP contribution in [0.15, 0.2) is 30.3 Å². The van der Waals surface area contributed by atoms with Gasteiger partial charge in [0, 0.05) is 25.7 Å². The first-order valence-corrected chi connectivity index (χ1v) is 7.39. The number of likely N-dealkylation sites (tertiary alicyclic amines) is 1. The van der Waals surface area contributed by atoms with E-state index in [2.05, 4.69) is 47.5 Å². The Balaban J connectivity index is 1.91. The van der Waals surface area contributed by atoms with Crippen LogP contribution in [0.5, 0.6) is 0 Å². The lowest BCUT2D eigenvalue weighted by molar-refractivity contribution is 0.00368. The Hall–Kier alpha value is -0.900. The van der Waals surface area contributed by atoms with Crippen LogP contribution in [0.3, 0.4) is 0 Å². The van der Waals surface area contributed by atoms with Crippen molar-refractivity contribution in [3.05, 3.63) is 35.9 Å². The van der Waals surface area contributed by atoms with Gasteiger partial charge in [-0.2, -0.15) is 0 Å². The summed E-state index contributed by atoms with van der Waals surface area (Å²) in [7, 11) is 2.04. The van der Waals surface area contributed by atoms with Gasteiger partial charge in [-0.3, -0.25) is 4.90 Å². The molecule has 1 fully saturated rings. The smallest absolute Gasteiger partial charge is 0.0702 e. The molecule has 0 radical (unpaired) electrons. The summed E-state index contributed by atoms with van der Waals surface area (Å²) in [6.07, 6.45) is 2.88. The van der Waals surface area contributed by atoms with Gasteiger partial charge in [0.15, 0.2) is 0 Å². The van der Waals surface area contributed by atoms with Gasteiger partial charge in [-0.25, -0.2) is 0 Å². The van der Waals surface area contributed by atoms with Crippen LogP contribution in [0.25, 0.3) is 0 Å². The highest BCUT2D eigenvalue weighted by Gasteiger charge is 2.22. The molecule has 1 aromatic rings. The fourth-order valence-corrected chi connectivity index (χ4v) is 2.86. The Morgan fingerprint density at radius 1 is 1.37 bits per heavy atom. The summed E-state index contributed by atoms with van der Waals surface area (Å²) in [5.74, 6) is 0. The minimum Gasteiger partial charge on any atom is -0.377 e. The number of rotatable bonds is 6. The highest BCUT2D eigenvalue weighted by atomic mass is 16.5. The topological polar surface area (TPSA) is 24.5 Å². The van der Waals surface area contributed by atoms with Gasteiger partial charge in [0.05, 0.1) is 6.10 Å². The SMILES string of the molecule is CCOC1CCCN(CC(NC)c2ccccc2)C1. The highest BCUT2D eigenvalue weighted by molar-refractivity contribution is 5.19. The number of ether oxygens (including phenoxy) is 1. The van der Waals surface area contributed by atoms with Gasteiger partial charge in [-0.15, -0.1) is 0 Å². The van der Waals surface area contributed by atoms with Crippen LogP contribution in [0, 0.1) is 0 Å². The van der Waals surface area contributed by atoms with Crippen LogP contribution >= 0.6 is 0 Å². The van der Waals surface area contributed by atoms with Crippen molar-refractivity contribution < 1.29 is 4.74 Å². The molecule has 19 heavy (non-hydrogen) atoms. The van der Waals surface area contributed by atoms with Crippen molar-refractivity contribution in [1.29, 1.82) is 0 Å². The van der Waals surface area contributed by atoms with Crippen LogP contribution < -0.4 is 5.32 Å². The summed E-state index contributed by atoms with van der Waals surface area (Å²) in [5, 5.41) is 3.43. The van der Waals surface area contributed by atoms with Crippen LogP contribution in [0.1, 0.15) is 31.4 Å². The molecule has 0 bridgehead atoms. The third-order valence-electron chi connectivity index (χ3n) is 3.86. The van der Waals surface area contributed by atoms with Gasteiger partial charge < -0.3 is 10.1 Å². The van der Waals surface area contributed by atoms with E-state index in [4.69, 9.17) is 4.74 Å². The van der Waals surface area contributed by atoms with E-state index in [9.17, 15) is 0 Å². The molecular formula is C16H26N2O. The summed E-state index contributed by atoms with van der Waals surface area (Å²) in [6, 6.07) is 11.1. The van der Waals surface area contributed by atoms with E-state index >= 15 is 0 Å². The molecule has 0 spiro atoms. The van der Waals surface area contributed by atoms with Crippen molar-refractivity contribution in [1.82, 2.24) is 10.2 Å². The maximum atomic E-state index is 5.77. The molecule has 2 rings (SSSR count). The van der Waals surface area contributed by atoms with E-state index in [1.54, 1.807) is 0 Å². The zero-order valence-corrected chi connectivity index (χ0v) is 12.1. The number of likely N-dealkylation sites (N-methyl/N-ethyl adjacent to an activating group) is 1. The van der Waals surface area contributed by atoms with Gasteiger partial charge in [0.25, 0.3) is 0 Å².